The van der Waals surface area contributed by atoms with Gasteiger partial charge in [0.1, 0.15) is 0 Å². The van der Waals surface area contributed by atoms with Crippen LogP contribution < -0.4 is 5.32 Å². The minimum atomic E-state index is -0.263. The average Bonchev–Trinajstić information content (AvgIpc) is 2.86. The highest BCUT2D eigenvalue weighted by atomic mass is 16.3. The smallest absolute Gasteiger partial charge is 0.0690 e. The van der Waals surface area contributed by atoms with Gasteiger partial charge < -0.3 is 15.4 Å². The Labute approximate surface area is 108 Å². The summed E-state index contributed by atoms with van der Waals surface area (Å²) >= 11 is 0. The molecule has 0 saturated carbocycles. The minimum absolute atomic E-state index is 0.263. The van der Waals surface area contributed by atoms with Crippen LogP contribution in [-0.4, -0.2) is 22.7 Å². The molecular formula is C15H22N2O. The van der Waals surface area contributed by atoms with E-state index in [1.54, 1.807) is 0 Å². The van der Waals surface area contributed by atoms with Gasteiger partial charge in [-0.25, -0.2) is 0 Å². The largest absolute Gasteiger partial charge is 0.392 e. The molecule has 2 aromatic rings. The van der Waals surface area contributed by atoms with Gasteiger partial charge in [-0.3, -0.25) is 0 Å². The Morgan fingerprint density at radius 3 is 2.94 bits per heavy atom. The van der Waals surface area contributed by atoms with Gasteiger partial charge in [-0.15, -0.1) is 0 Å². The third-order valence-electron chi connectivity index (χ3n) is 3.65. The van der Waals surface area contributed by atoms with E-state index in [9.17, 15) is 5.11 Å². The number of aliphatic hydroxyl groups is 1. The van der Waals surface area contributed by atoms with Gasteiger partial charge in [-0.05, 0) is 23.6 Å². The van der Waals surface area contributed by atoms with E-state index in [4.69, 9.17) is 0 Å². The number of nitrogens with one attached hydrogen (secondary N) is 2. The van der Waals surface area contributed by atoms with Crippen LogP contribution in [0.5, 0.6) is 0 Å². The molecule has 1 aromatic heterocycles. The molecule has 3 N–H and O–H groups in total. The maximum atomic E-state index is 9.90. The Kier molecular flexibility index (Phi) is 4.39. The van der Waals surface area contributed by atoms with Crippen molar-refractivity contribution in [3.63, 3.8) is 0 Å². The van der Waals surface area contributed by atoms with E-state index >= 15 is 0 Å². The van der Waals surface area contributed by atoms with E-state index in [-0.39, 0.29) is 6.10 Å². The molecule has 0 aliphatic carbocycles. The zero-order chi connectivity index (χ0) is 13.0. The van der Waals surface area contributed by atoms with Crippen LogP contribution in [0.2, 0.25) is 0 Å². The summed E-state index contributed by atoms with van der Waals surface area (Å²) in [5.41, 5.74) is 2.43. The molecule has 1 aromatic carbocycles. The van der Waals surface area contributed by atoms with Crippen LogP contribution in [0.25, 0.3) is 10.9 Å². The number of aliphatic hydroxyl groups excluding tert-OH is 1. The number of rotatable bonds is 6. The standard InChI is InChI=1S/C15H22N2O/c1-3-11(2)15(18)10-16-9-12-5-4-6-14-13(12)7-8-17-14/h4-8,11,15-18H,3,9-10H2,1-2H3. The molecule has 2 rings (SSSR count). The zero-order valence-electron chi connectivity index (χ0n) is 11.1. The second-order valence-corrected chi connectivity index (χ2v) is 4.94. The summed E-state index contributed by atoms with van der Waals surface area (Å²) < 4.78 is 0. The monoisotopic (exact) mass is 246 g/mol. The quantitative estimate of drug-likeness (QED) is 0.734. The van der Waals surface area contributed by atoms with E-state index in [0.717, 1.165) is 18.5 Å². The van der Waals surface area contributed by atoms with Crippen LogP contribution in [0.3, 0.4) is 0 Å². The molecule has 0 spiro atoms. The highest BCUT2D eigenvalue weighted by molar-refractivity contribution is 5.82. The van der Waals surface area contributed by atoms with Crippen LogP contribution in [0.15, 0.2) is 30.5 Å². The Morgan fingerprint density at radius 2 is 2.17 bits per heavy atom. The van der Waals surface area contributed by atoms with Gasteiger partial charge in [-0.1, -0.05) is 32.4 Å². The van der Waals surface area contributed by atoms with Gasteiger partial charge in [0, 0.05) is 30.2 Å². The van der Waals surface area contributed by atoms with Gasteiger partial charge in [0.25, 0.3) is 0 Å². The normalized spacial score (nSPS) is 14.8. The molecule has 1 heterocycles. The Morgan fingerprint density at radius 1 is 1.33 bits per heavy atom. The number of fused-ring (bicyclic) bond motifs is 1. The topological polar surface area (TPSA) is 48.0 Å². The van der Waals surface area contributed by atoms with Gasteiger partial charge in [0.15, 0.2) is 0 Å². The molecule has 18 heavy (non-hydrogen) atoms. The lowest BCUT2D eigenvalue weighted by molar-refractivity contribution is 0.113. The lowest BCUT2D eigenvalue weighted by Crippen LogP contribution is -2.31. The first-order chi connectivity index (χ1) is 8.72. The van der Waals surface area contributed by atoms with E-state index in [1.807, 2.05) is 6.20 Å². The van der Waals surface area contributed by atoms with Crippen molar-refractivity contribution in [2.24, 2.45) is 5.92 Å². The SMILES string of the molecule is CCC(C)C(O)CNCc1cccc2[nH]ccc12. The fourth-order valence-electron chi connectivity index (χ4n) is 2.13. The van der Waals surface area contributed by atoms with Crippen molar-refractivity contribution in [2.75, 3.05) is 6.54 Å². The molecule has 2 atom stereocenters. The van der Waals surface area contributed by atoms with E-state index in [2.05, 4.69) is 48.4 Å². The third-order valence-corrected chi connectivity index (χ3v) is 3.65. The van der Waals surface area contributed by atoms with Crippen LogP contribution in [0, 0.1) is 5.92 Å². The first kappa shape index (κ1) is 13.1. The predicted molar refractivity (Wildman–Crippen MR) is 75.5 cm³/mol. The van der Waals surface area contributed by atoms with Crippen LogP contribution in [0.1, 0.15) is 25.8 Å². The van der Waals surface area contributed by atoms with Crippen molar-refractivity contribution < 1.29 is 5.11 Å². The minimum Gasteiger partial charge on any atom is -0.392 e. The summed E-state index contributed by atoms with van der Waals surface area (Å²) in [4.78, 5) is 3.21. The van der Waals surface area contributed by atoms with E-state index in [0.29, 0.717) is 12.5 Å². The molecule has 0 aliphatic rings. The van der Waals surface area contributed by atoms with Crippen molar-refractivity contribution in [1.82, 2.24) is 10.3 Å². The summed E-state index contributed by atoms with van der Waals surface area (Å²) in [7, 11) is 0. The summed E-state index contributed by atoms with van der Waals surface area (Å²) in [5.74, 6) is 0.348. The fourth-order valence-corrected chi connectivity index (χ4v) is 2.13. The van der Waals surface area contributed by atoms with Crippen molar-refractivity contribution in [1.29, 1.82) is 0 Å². The molecule has 0 aliphatic heterocycles. The second-order valence-electron chi connectivity index (χ2n) is 4.94. The number of hydrogen-bond donors (Lipinski definition) is 3. The molecular weight excluding hydrogens is 224 g/mol. The first-order valence-electron chi connectivity index (χ1n) is 6.66. The number of aromatic nitrogens is 1. The van der Waals surface area contributed by atoms with Crippen LogP contribution in [0.4, 0.5) is 0 Å². The third kappa shape index (κ3) is 2.92. The lowest BCUT2D eigenvalue weighted by Gasteiger charge is -2.17. The summed E-state index contributed by atoms with van der Waals surface area (Å²) in [6.45, 7) is 5.63. The lowest BCUT2D eigenvalue weighted by atomic mass is 10.0. The van der Waals surface area contributed by atoms with Gasteiger partial charge in [0.05, 0.1) is 6.10 Å². The predicted octanol–water partition coefficient (Wildman–Crippen LogP) is 2.66. The van der Waals surface area contributed by atoms with Crippen molar-refractivity contribution >= 4 is 10.9 Å². The van der Waals surface area contributed by atoms with Crippen molar-refractivity contribution in [2.45, 2.75) is 32.9 Å². The van der Waals surface area contributed by atoms with E-state index < -0.39 is 0 Å². The van der Waals surface area contributed by atoms with Gasteiger partial charge in [-0.2, -0.15) is 0 Å². The van der Waals surface area contributed by atoms with Crippen LogP contribution >= 0.6 is 0 Å². The number of H-pyrrole nitrogens is 1. The highest BCUT2D eigenvalue weighted by Crippen LogP contribution is 2.17. The van der Waals surface area contributed by atoms with E-state index in [1.165, 1.54) is 10.9 Å². The second kappa shape index (κ2) is 6.03. The summed E-state index contributed by atoms with van der Waals surface area (Å²) in [6.07, 6.45) is 2.71. The Balaban J connectivity index is 1.92. The molecule has 2 unspecified atom stereocenters. The molecule has 0 bridgehead atoms. The maximum absolute atomic E-state index is 9.90. The summed E-state index contributed by atoms with van der Waals surface area (Å²) in [6, 6.07) is 8.35. The molecule has 0 fully saturated rings. The molecule has 98 valence electrons. The average molecular weight is 246 g/mol. The molecule has 0 saturated heterocycles. The molecule has 0 radical (unpaired) electrons. The Bertz CT molecular complexity index is 492. The Hall–Kier alpha value is -1.32. The molecule has 3 heteroatoms. The highest BCUT2D eigenvalue weighted by Gasteiger charge is 2.11. The van der Waals surface area contributed by atoms with Crippen LogP contribution in [-0.2, 0) is 6.54 Å². The number of hydrogen-bond acceptors (Lipinski definition) is 2. The fraction of sp³-hybridized carbons (Fsp3) is 0.467. The van der Waals surface area contributed by atoms with Crippen molar-refractivity contribution in [3.05, 3.63) is 36.0 Å². The molecule has 3 nitrogen and oxygen atoms in total. The first-order valence-corrected chi connectivity index (χ1v) is 6.66. The zero-order valence-corrected chi connectivity index (χ0v) is 11.1. The maximum Gasteiger partial charge on any atom is 0.0690 e. The number of aromatic amines is 1. The van der Waals surface area contributed by atoms with Gasteiger partial charge in [0.2, 0.25) is 0 Å². The molecule has 0 amide bonds. The number of benzene rings is 1. The van der Waals surface area contributed by atoms with Crippen molar-refractivity contribution in [3.8, 4) is 0 Å². The summed E-state index contributed by atoms with van der Waals surface area (Å²) in [5, 5.41) is 14.5. The van der Waals surface area contributed by atoms with Gasteiger partial charge >= 0.3 is 0 Å².